The number of benzene rings is 4. The van der Waals surface area contributed by atoms with Crippen LogP contribution >= 0.6 is 0 Å². The molecule has 0 aliphatic rings. The minimum Gasteiger partial charge on any atom is -0.744 e. The van der Waals surface area contributed by atoms with Crippen molar-refractivity contribution in [2.45, 2.75) is 243 Å². The number of unbranched alkanes of at least 4 members (excludes halogenated alkanes) is 24. The summed E-state index contributed by atoms with van der Waals surface area (Å²) in [7, 11) is -9.07. The van der Waals surface area contributed by atoms with Crippen LogP contribution in [0, 0.1) is 0 Å². The van der Waals surface area contributed by atoms with Gasteiger partial charge in [-0.3, -0.25) is 0 Å². The van der Waals surface area contributed by atoms with Crippen LogP contribution in [0.25, 0.3) is 21.5 Å². The van der Waals surface area contributed by atoms with Gasteiger partial charge in [0.1, 0.15) is 20.2 Å². The van der Waals surface area contributed by atoms with Gasteiger partial charge in [-0.15, -0.1) is 0 Å². The van der Waals surface area contributed by atoms with E-state index in [0.717, 1.165) is 97.2 Å². The SMILES string of the molecule is CCCCCCCCCc1cc2ccccc2c(S(=O)(=O)[O-])c1CCCCCCCCC.CCCCCCCCCc1cc2ccccc2c(S(=O)(=O)[O-])c1CCCCCCCCC.[Cd+2]. The van der Waals surface area contributed by atoms with Crippen molar-refractivity contribution in [2.75, 3.05) is 0 Å². The average Bonchev–Trinajstić information content (AvgIpc) is 3.27. The monoisotopic (exact) mass is 1030 g/mol. The van der Waals surface area contributed by atoms with Gasteiger partial charge < -0.3 is 9.11 Å². The van der Waals surface area contributed by atoms with Gasteiger partial charge in [-0.25, -0.2) is 16.8 Å². The summed E-state index contributed by atoms with van der Waals surface area (Å²) in [5.74, 6) is 0. The Morgan fingerprint density at radius 1 is 0.354 bits per heavy atom. The van der Waals surface area contributed by atoms with Gasteiger partial charge in [-0.05, 0) is 95.2 Å². The van der Waals surface area contributed by atoms with E-state index in [0.29, 0.717) is 23.6 Å². The Bertz CT molecular complexity index is 1960. The predicted octanol–water partition coefficient (Wildman–Crippen LogP) is 16.7. The van der Waals surface area contributed by atoms with Crippen LogP contribution in [-0.4, -0.2) is 25.9 Å². The third-order valence-electron chi connectivity index (χ3n) is 13.1. The van der Waals surface area contributed by atoms with Crippen LogP contribution in [0.1, 0.15) is 230 Å². The Morgan fingerprint density at radius 2 is 0.600 bits per heavy atom. The first-order valence-electron chi connectivity index (χ1n) is 26.0. The minimum atomic E-state index is -4.53. The summed E-state index contributed by atoms with van der Waals surface area (Å²) < 4.78 is 74.1. The molecule has 0 N–H and O–H groups in total. The van der Waals surface area contributed by atoms with Gasteiger partial charge in [-0.1, -0.05) is 242 Å². The van der Waals surface area contributed by atoms with E-state index in [9.17, 15) is 25.9 Å². The molecule has 4 rings (SSSR count). The van der Waals surface area contributed by atoms with Crippen molar-refractivity contribution in [3.63, 3.8) is 0 Å². The molecule has 0 aliphatic carbocycles. The fourth-order valence-electron chi connectivity index (χ4n) is 9.45. The Labute approximate surface area is 418 Å². The molecule has 0 saturated carbocycles. The maximum absolute atomic E-state index is 12.3. The van der Waals surface area contributed by atoms with Crippen molar-refractivity contribution in [3.05, 3.63) is 82.9 Å². The number of rotatable bonds is 34. The first-order valence-corrected chi connectivity index (χ1v) is 28.8. The summed E-state index contributed by atoms with van der Waals surface area (Å²) in [5.41, 5.74) is 3.71. The molecule has 0 fully saturated rings. The van der Waals surface area contributed by atoms with Crippen LogP contribution in [0.4, 0.5) is 0 Å². The molecule has 65 heavy (non-hydrogen) atoms. The minimum absolute atomic E-state index is 0. The molecule has 0 amide bonds. The molecule has 0 aliphatic heterocycles. The van der Waals surface area contributed by atoms with Crippen molar-refractivity contribution in [1.29, 1.82) is 0 Å². The number of fused-ring (bicyclic) bond motifs is 2. The Morgan fingerprint density at radius 3 is 0.877 bits per heavy atom. The van der Waals surface area contributed by atoms with E-state index in [1.54, 1.807) is 12.1 Å². The van der Waals surface area contributed by atoms with Crippen molar-refractivity contribution in [3.8, 4) is 0 Å². The van der Waals surface area contributed by atoms with Gasteiger partial charge in [0.25, 0.3) is 0 Å². The van der Waals surface area contributed by atoms with E-state index in [-0.39, 0.29) is 37.1 Å². The van der Waals surface area contributed by atoms with Crippen molar-refractivity contribution >= 4 is 41.8 Å². The van der Waals surface area contributed by atoms with Crippen LogP contribution in [0.3, 0.4) is 0 Å². The summed E-state index contributed by atoms with van der Waals surface area (Å²) in [4.78, 5) is 0.0825. The molecule has 0 saturated heterocycles. The van der Waals surface area contributed by atoms with Crippen molar-refractivity contribution in [2.24, 2.45) is 0 Å². The average molecular weight is 1030 g/mol. The third kappa shape index (κ3) is 22.4. The number of hydrogen-bond acceptors (Lipinski definition) is 6. The van der Waals surface area contributed by atoms with Gasteiger partial charge in [0.05, 0.1) is 9.79 Å². The molecule has 0 radical (unpaired) electrons. The largest absolute Gasteiger partial charge is 2.00 e. The molecule has 0 atom stereocenters. The number of hydrogen-bond donors (Lipinski definition) is 0. The first kappa shape index (κ1) is 59.3. The molecule has 0 unspecified atom stereocenters. The zero-order chi connectivity index (χ0) is 46.5. The summed E-state index contributed by atoms with van der Waals surface area (Å²) >= 11 is 0. The van der Waals surface area contributed by atoms with Gasteiger partial charge in [0.2, 0.25) is 0 Å². The van der Waals surface area contributed by atoms with Crippen LogP contribution in [-0.2, 0) is 73.2 Å². The van der Waals surface area contributed by atoms with Crippen LogP contribution in [0.15, 0.2) is 70.5 Å². The standard InChI is InChI=1S/2C28H44O3S.Cd/c2*1-3-5-7-9-11-13-15-19-24-23-25-20-17-18-22-27(25)28(32(29,30)31)26(24)21-16-14-12-10-8-6-4-2;/h2*17-18,20,22-23H,3-16,19,21H2,1-2H3,(H,29,30,31);/q;;+2/p-2. The molecule has 6 nitrogen and oxygen atoms in total. The second-order valence-corrected chi connectivity index (χ2v) is 21.2. The summed E-state index contributed by atoms with van der Waals surface area (Å²) in [6.45, 7) is 8.90. The van der Waals surface area contributed by atoms with Crippen molar-refractivity contribution < 1.29 is 53.2 Å². The topological polar surface area (TPSA) is 114 Å². The zero-order valence-corrected chi connectivity index (χ0v) is 47.0. The van der Waals surface area contributed by atoms with Gasteiger partial charge in [0, 0.05) is 0 Å². The van der Waals surface area contributed by atoms with Gasteiger partial charge >= 0.3 is 27.3 Å². The van der Waals surface area contributed by atoms with E-state index in [4.69, 9.17) is 0 Å². The van der Waals surface area contributed by atoms with Crippen molar-refractivity contribution in [1.82, 2.24) is 0 Å². The summed E-state index contributed by atoms with van der Waals surface area (Å²) in [5, 5.41) is 2.90. The predicted molar refractivity (Wildman–Crippen MR) is 271 cm³/mol. The second kappa shape index (κ2) is 34.4. The Balaban J connectivity index is 0.000000440. The maximum atomic E-state index is 12.3. The molecular weight excluding hydrogens is 945 g/mol. The smallest absolute Gasteiger partial charge is 0.744 e. The second-order valence-electron chi connectivity index (χ2n) is 18.5. The van der Waals surface area contributed by atoms with E-state index >= 15 is 0 Å². The van der Waals surface area contributed by atoms with Crippen LogP contribution in [0.5, 0.6) is 0 Å². The summed E-state index contributed by atoms with van der Waals surface area (Å²) in [6, 6.07) is 19.2. The van der Waals surface area contributed by atoms with Crippen LogP contribution < -0.4 is 0 Å². The fraction of sp³-hybridized carbons (Fsp3) is 0.643. The zero-order valence-electron chi connectivity index (χ0n) is 41.4. The maximum Gasteiger partial charge on any atom is 2.00 e. The van der Waals surface area contributed by atoms with E-state index in [2.05, 4.69) is 39.8 Å². The molecule has 9 heteroatoms. The first-order chi connectivity index (χ1) is 31.0. The van der Waals surface area contributed by atoms with E-state index in [1.165, 1.54) is 128 Å². The van der Waals surface area contributed by atoms with Gasteiger partial charge in [0.15, 0.2) is 0 Å². The molecule has 4 aromatic carbocycles. The normalized spacial score (nSPS) is 11.8. The quantitative estimate of drug-likeness (QED) is 0.0261. The number of aryl methyl sites for hydroxylation is 2. The third-order valence-corrected chi connectivity index (χ3v) is 15.0. The summed E-state index contributed by atoms with van der Waals surface area (Å²) in [6.07, 6.45) is 36.7. The molecule has 0 heterocycles. The Kier molecular flexibility index (Phi) is 31.4. The molecule has 0 bridgehead atoms. The molecule has 4 aromatic rings. The van der Waals surface area contributed by atoms with Crippen LogP contribution in [0.2, 0.25) is 0 Å². The van der Waals surface area contributed by atoms with E-state index in [1.807, 2.05) is 36.4 Å². The van der Waals surface area contributed by atoms with E-state index < -0.39 is 20.2 Å². The molecule has 360 valence electrons. The molecule has 0 spiro atoms. The Hall–Kier alpha value is -1.86. The molecule has 0 aromatic heterocycles. The molecular formula is C56H86CdO6S2. The fourth-order valence-corrected chi connectivity index (χ4v) is 11.4. The van der Waals surface area contributed by atoms with Gasteiger partial charge in [-0.2, -0.15) is 0 Å².